The number of halogens is 1. The van der Waals surface area contributed by atoms with Gasteiger partial charge in [-0.3, -0.25) is 14.0 Å². The third-order valence-electron chi connectivity index (χ3n) is 5.33. The van der Waals surface area contributed by atoms with Crippen LogP contribution in [0.2, 0.25) is 5.02 Å². The van der Waals surface area contributed by atoms with Crippen molar-refractivity contribution in [3.63, 3.8) is 0 Å². The summed E-state index contributed by atoms with van der Waals surface area (Å²) in [5.41, 5.74) is 2.93. The highest BCUT2D eigenvalue weighted by Gasteiger charge is 2.26. The highest BCUT2D eigenvalue weighted by Crippen LogP contribution is 2.25. The Labute approximate surface area is 172 Å². The van der Waals surface area contributed by atoms with Crippen LogP contribution in [0.4, 0.5) is 5.69 Å². The van der Waals surface area contributed by atoms with Crippen LogP contribution in [0.5, 0.6) is 0 Å². The minimum Gasteiger partial charge on any atom is -0.368 e. The van der Waals surface area contributed by atoms with Gasteiger partial charge in [0.2, 0.25) is 0 Å². The smallest absolute Gasteiger partial charge is 0.271 e. The highest BCUT2D eigenvalue weighted by molar-refractivity contribution is 7.17. The van der Waals surface area contributed by atoms with Crippen LogP contribution in [0.1, 0.15) is 26.5 Å². The van der Waals surface area contributed by atoms with Gasteiger partial charge in [0.15, 0.2) is 4.96 Å². The monoisotopic (exact) mass is 416 g/mol. The van der Waals surface area contributed by atoms with Gasteiger partial charge in [-0.1, -0.05) is 17.7 Å². The highest BCUT2D eigenvalue weighted by atomic mass is 35.5. The van der Waals surface area contributed by atoms with Crippen molar-refractivity contribution in [1.29, 1.82) is 0 Å². The van der Waals surface area contributed by atoms with Gasteiger partial charge >= 0.3 is 0 Å². The first kappa shape index (κ1) is 19.0. The Balaban J connectivity index is 1.55. The van der Waals surface area contributed by atoms with Gasteiger partial charge in [0, 0.05) is 53.7 Å². The van der Waals surface area contributed by atoms with E-state index in [2.05, 4.69) is 16.8 Å². The van der Waals surface area contributed by atoms with Gasteiger partial charge in [0.25, 0.3) is 11.5 Å². The molecule has 146 valence electrons. The Morgan fingerprint density at radius 3 is 2.57 bits per heavy atom. The van der Waals surface area contributed by atoms with E-state index in [9.17, 15) is 9.59 Å². The van der Waals surface area contributed by atoms with Crippen LogP contribution in [-0.2, 0) is 0 Å². The van der Waals surface area contributed by atoms with E-state index in [4.69, 9.17) is 11.6 Å². The number of rotatable bonds is 2. The summed E-state index contributed by atoms with van der Waals surface area (Å²) in [4.78, 5) is 35.8. The number of benzene rings is 1. The second kappa shape index (κ2) is 7.22. The van der Waals surface area contributed by atoms with Crippen LogP contribution in [0.25, 0.3) is 4.96 Å². The lowest BCUT2D eigenvalue weighted by molar-refractivity contribution is 0.0744. The van der Waals surface area contributed by atoms with Crippen molar-refractivity contribution in [3.05, 3.63) is 61.5 Å². The first-order valence-electron chi connectivity index (χ1n) is 9.15. The van der Waals surface area contributed by atoms with Crippen LogP contribution in [0, 0.1) is 20.8 Å². The lowest BCUT2D eigenvalue weighted by atomic mass is 10.1. The van der Waals surface area contributed by atoms with Gasteiger partial charge in [-0.15, -0.1) is 11.3 Å². The van der Waals surface area contributed by atoms with Gasteiger partial charge in [-0.2, -0.15) is 0 Å². The molecule has 0 N–H and O–H groups in total. The maximum atomic E-state index is 13.0. The molecular formula is C20H21ClN4O2S. The molecule has 1 fully saturated rings. The van der Waals surface area contributed by atoms with E-state index < -0.39 is 0 Å². The zero-order valence-electron chi connectivity index (χ0n) is 16.0. The van der Waals surface area contributed by atoms with Crippen molar-refractivity contribution < 1.29 is 4.79 Å². The number of thiazole rings is 1. The number of aromatic nitrogens is 2. The van der Waals surface area contributed by atoms with Crippen molar-refractivity contribution in [1.82, 2.24) is 14.3 Å². The number of aryl methyl sites for hydroxylation is 3. The Morgan fingerprint density at radius 2 is 1.86 bits per heavy atom. The summed E-state index contributed by atoms with van der Waals surface area (Å²) in [6.45, 7) is 8.37. The zero-order chi connectivity index (χ0) is 20.0. The largest absolute Gasteiger partial charge is 0.368 e. The molecule has 28 heavy (non-hydrogen) atoms. The summed E-state index contributed by atoms with van der Waals surface area (Å²) in [5, 5.41) is 0.702. The topological polar surface area (TPSA) is 57.9 Å². The summed E-state index contributed by atoms with van der Waals surface area (Å²) in [6, 6.07) is 5.84. The summed E-state index contributed by atoms with van der Waals surface area (Å²) >= 11 is 7.60. The fourth-order valence-electron chi connectivity index (χ4n) is 3.57. The first-order valence-corrected chi connectivity index (χ1v) is 10.3. The molecule has 0 unspecified atom stereocenters. The lowest BCUT2D eigenvalue weighted by Gasteiger charge is -2.36. The van der Waals surface area contributed by atoms with Gasteiger partial charge < -0.3 is 9.80 Å². The van der Waals surface area contributed by atoms with Crippen molar-refractivity contribution >= 4 is 39.5 Å². The average molecular weight is 417 g/mol. The molecule has 0 saturated carbocycles. The molecule has 1 saturated heterocycles. The molecule has 6 nitrogen and oxygen atoms in total. The molecule has 0 atom stereocenters. The number of hydrogen-bond acceptors (Lipinski definition) is 5. The first-order chi connectivity index (χ1) is 13.4. The minimum atomic E-state index is -0.287. The van der Waals surface area contributed by atoms with Crippen molar-refractivity contribution in [2.75, 3.05) is 31.1 Å². The second-order valence-corrected chi connectivity index (χ2v) is 8.67. The summed E-state index contributed by atoms with van der Waals surface area (Å²) in [5.74, 6) is -0.252. The molecule has 0 bridgehead atoms. The molecule has 0 radical (unpaired) electrons. The summed E-state index contributed by atoms with van der Waals surface area (Å²) in [7, 11) is 0. The van der Waals surface area contributed by atoms with Gasteiger partial charge in [0.05, 0.1) is 0 Å². The zero-order valence-corrected chi connectivity index (χ0v) is 17.6. The number of carbonyl (C=O) groups is 1. The van der Waals surface area contributed by atoms with Crippen molar-refractivity contribution in [2.24, 2.45) is 0 Å². The van der Waals surface area contributed by atoms with E-state index in [1.165, 1.54) is 17.5 Å². The maximum absolute atomic E-state index is 13.0. The molecule has 1 aliphatic rings. The Bertz CT molecular complexity index is 1130. The fourth-order valence-corrected chi connectivity index (χ4v) is 4.66. The summed E-state index contributed by atoms with van der Waals surface area (Å²) in [6.07, 6.45) is 1.42. The predicted molar refractivity (Wildman–Crippen MR) is 113 cm³/mol. The molecule has 1 aliphatic heterocycles. The Morgan fingerprint density at radius 1 is 1.14 bits per heavy atom. The SMILES string of the molecule is Cc1ccc(Cl)cc1N1CCN(C(=O)c2cnc3sc(C)c(C)n3c2=O)CC1. The number of amides is 1. The second-order valence-electron chi connectivity index (χ2n) is 7.05. The lowest BCUT2D eigenvalue weighted by Crippen LogP contribution is -2.50. The quantitative estimate of drug-likeness (QED) is 0.643. The van der Waals surface area contributed by atoms with Gasteiger partial charge in [-0.05, 0) is 38.5 Å². The number of hydrogen-bond donors (Lipinski definition) is 0. The molecule has 8 heteroatoms. The molecule has 0 aliphatic carbocycles. The molecule has 3 heterocycles. The van der Waals surface area contributed by atoms with Crippen molar-refractivity contribution in [2.45, 2.75) is 20.8 Å². The fraction of sp³-hybridized carbons (Fsp3) is 0.350. The molecule has 3 aromatic rings. The molecular weight excluding hydrogens is 396 g/mol. The standard InChI is InChI=1S/C20H21ClN4O2S/c1-12-4-5-15(21)10-17(12)23-6-8-24(9-7-23)18(26)16-11-22-20-25(19(16)27)13(2)14(3)28-20/h4-5,10-11H,6-9H2,1-3H3. The number of nitrogens with zero attached hydrogens (tertiary/aromatic N) is 4. The Hall–Kier alpha value is -2.38. The van der Waals surface area contributed by atoms with Crippen LogP contribution in [0.15, 0.2) is 29.2 Å². The number of fused-ring (bicyclic) bond motifs is 1. The van der Waals surface area contributed by atoms with E-state index in [-0.39, 0.29) is 17.0 Å². The van der Waals surface area contributed by atoms with E-state index in [0.717, 1.165) is 21.8 Å². The van der Waals surface area contributed by atoms with Crippen molar-refractivity contribution in [3.8, 4) is 0 Å². The predicted octanol–water partition coefficient (Wildman–Crippen LogP) is 3.30. The molecule has 0 spiro atoms. The minimum absolute atomic E-state index is 0.130. The van der Waals surface area contributed by atoms with Crippen LogP contribution >= 0.6 is 22.9 Å². The molecule has 1 amide bonds. The summed E-state index contributed by atoms with van der Waals surface area (Å²) < 4.78 is 1.54. The van der Waals surface area contributed by atoms with Crippen LogP contribution < -0.4 is 10.5 Å². The molecule has 4 rings (SSSR count). The number of carbonyl (C=O) groups excluding carboxylic acids is 1. The van der Waals surface area contributed by atoms with E-state index in [1.54, 1.807) is 9.30 Å². The third kappa shape index (κ3) is 3.18. The van der Waals surface area contributed by atoms with Crippen LogP contribution in [-0.4, -0.2) is 46.4 Å². The molecule has 1 aromatic carbocycles. The maximum Gasteiger partial charge on any atom is 0.271 e. The van der Waals surface area contributed by atoms with Gasteiger partial charge in [0.1, 0.15) is 5.56 Å². The van der Waals surface area contributed by atoms with E-state index in [0.29, 0.717) is 36.2 Å². The average Bonchev–Trinajstić information content (AvgIpc) is 2.98. The van der Waals surface area contributed by atoms with Gasteiger partial charge in [-0.25, -0.2) is 4.98 Å². The number of piperazine rings is 1. The van der Waals surface area contributed by atoms with E-state index >= 15 is 0 Å². The Kier molecular flexibility index (Phi) is 4.89. The third-order valence-corrected chi connectivity index (χ3v) is 6.63. The number of anilines is 1. The normalized spacial score (nSPS) is 14.7. The van der Waals surface area contributed by atoms with E-state index in [1.807, 2.05) is 32.0 Å². The molecule has 2 aromatic heterocycles. The van der Waals surface area contributed by atoms with Crippen LogP contribution in [0.3, 0.4) is 0 Å².